The zero-order chi connectivity index (χ0) is 28.5. The van der Waals surface area contributed by atoms with E-state index in [4.69, 9.17) is 23.7 Å². The zero-order valence-electron chi connectivity index (χ0n) is 21.5. The van der Waals surface area contributed by atoms with Gasteiger partial charge in [0.15, 0.2) is 6.29 Å². The van der Waals surface area contributed by atoms with Gasteiger partial charge in [0, 0.05) is 18.8 Å². The summed E-state index contributed by atoms with van der Waals surface area (Å²) in [7, 11) is 1.17. The number of hydrogen-bond donors (Lipinski definition) is 6. The number of fused-ring (bicyclic) bond motifs is 1. The highest BCUT2D eigenvalue weighted by molar-refractivity contribution is 5.89. The van der Waals surface area contributed by atoms with E-state index in [2.05, 4.69) is 0 Å². The molecule has 0 amide bonds. The van der Waals surface area contributed by atoms with Gasteiger partial charge in [-0.1, -0.05) is 12.1 Å². The number of phenols is 1. The molecule has 10 unspecified atom stereocenters. The van der Waals surface area contributed by atoms with Gasteiger partial charge in [-0.25, -0.2) is 4.79 Å². The molecule has 1 aromatic rings. The molecule has 1 aromatic carbocycles. The number of methoxy groups -OCH3 is 1. The molecular weight excluding hydrogens is 520 g/mol. The Bertz CT molecular complexity index is 1050. The fourth-order valence-corrected chi connectivity index (χ4v) is 5.43. The van der Waals surface area contributed by atoms with Crippen LogP contribution in [-0.2, 0) is 39.7 Å². The standard InChI is InChI=1S/C26H34O13/c1-26(34)9-15(37-17(29)8-5-12-3-6-13(28)7-4-12)18-14(23(33)35-2)11-36-24(19(18)26)39-25-22(32)21(31)20(30)16(10-27)38-25/h3-4,6-7,11,15-16,18-22,24-25,27-28,30-32,34H,5,8-10H2,1-2H3. The van der Waals surface area contributed by atoms with E-state index in [1.54, 1.807) is 12.1 Å². The van der Waals surface area contributed by atoms with Gasteiger partial charge in [0.2, 0.25) is 6.29 Å². The first kappa shape index (κ1) is 29.2. The van der Waals surface area contributed by atoms with E-state index in [-0.39, 0.29) is 24.2 Å². The molecule has 0 spiro atoms. The number of hydrogen-bond acceptors (Lipinski definition) is 13. The van der Waals surface area contributed by atoms with Crippen molar-refractivity contribution in [3.8, 4) is 5.75 Å². The molecule has 1 saturated heterocycles. The Morgan fingerprint density at radius 1 is 1.08 bits per heavy atom. The first-order valence-electron chi connectivity index (χ1n) is 12.6. The molecule has 1 aliphatic carbocycles. The Labute approximate surface area is 224 Å². The third kappa shape index (κ3) is 6.04. The smallest absolute Gasteiger partial charge is 0.337 e. The average molecular weight is 555 g/mol. The molecular formula is C26H34O13. The highest BCUT2D eigenvalue weighted by Gasteiger charge is 2.61. The molecule has 10 atom stereocenters. The molecule has 6 N–H and O–H groups in total. The number of rotatable bonds is 8. The molecule has 2 fully saturated rings. The third-order valence-electron chi connectivity index (χ3n) is 7.48. The van der Waals surface area contributed by atoms with Crippen LogP contribution in [0.25, 0.3) is 0 Å². The second kappa shape index (κ2) is 11.8. The monoisotopic (exact) mass is 554 g/mol. The van der Waals surface area contributed by atoms with Crippen molar-refractivity contribution in [2.75, 3.05) is 13.7 Å². The lowest BCUT2D eigenvalue weighted by atomic mass is 9.80. The van der Waals surface area contributed by atoms with Crippen LogP contribution >= 0.6 is 0 Å². The molecule has 0 bridgehead atoms. The predicted octanol–water partition coefficient (Wildman–Crippen LogP) is -1.15. The number of carbonyl (C=O) groups excluding carboxylic acids is 2. The molecule has 4 rings (SSSR count). The molecule has 1 saturated carbocycles. The Kier molecular flexibility index (Phi) is 8.81. The Morgan fingerprint density at radius 3 is 2.41 bits per heavy atom. The Hall–Kier alpha value is -2.78. The van der Waals surface area contributed by atoms with Gasteiger partial charge in [0.25, 0.3) is 0 Å². The summed E-state index contributed by atoms with van der Waals surface area (Å²) < 4.78 is 27.4. The normalized spacial score (nSPS) is 37.8. The van der Waals surface area contributed by atoms with E-state index in [1.165, 1.54) is 26.2 Å². The number of ether oxygens (including phenoxy) is 5. The molecule has 216 valence electrons. The fourth-order valence-electron chi connectivity index (χ4n) is 5.43. The van der Waals surface area contributed by atoms with Crippen molar-refractivity contribution in [3.63, 3.8) is 0 Å². The van der Waals surface area contributed by atoms with E-state index < -0.39 is 79.1 Å². The summed E-state index contributed by atoms with van der Waals surface area (Å²) >= 11 is 0. The maximum Gasteiger partial charge on any atom is 0.337 e. The molecule has 39 heavy (non-hydrogen) atoms. The minimum absolute atomic E-state index is 0.000620. The minimum Gasteiger partial charge on any atom is -0.508 e. The number of esters is 2. The Balaban J connectivity index is 1.53. The van der Waals surface area contributed by atoms with Crippen molar-refractivity contribution in [1.29, 1.82) is 0 Å². The number of benzene rings is 1. The van der Waals surface area contributed by atoms with Crippen LogP contribution in [-0.4, -0.2) is 105 Å². The van der Waals surface area contributed by atoms with Gasteiger partial charge in [0.05, 0.1) is 37.1 Å². The van der Waals surface area contributed by atoms with Crippen LogP contribution in [0.2, 0.25) is 0 Å². The van der Waals surface area contributed by atoms with Gasteiger partial charge in [0.1, 0.15) is 36.3 Å². The van der Waals surface area contributed by atoms with Crippen LogP contribution in [0.4, 0.5) is 0 Å². The number of aliphatic hydroxyl groups excluding tert-OH is 4. The predicted molar refractivity (Wildman–Crippen MR) is 128 cm³/mol. The number of phenolic OH excluding ortho intramolecular Hbond substituents is 1. The van der Waals surface area contributed by atoms with E-state index in [9.17, 15) is 40.2 Å². The molecule has 13 heteroatoms. The van der Waals surface area contributed by atoms with Crippen LogP contribution in [0, 0.1) is 11.8 Å². The maximum absolute atomic E-state index is 12.8. The van der Waals surface area contributed by atoms with Crippen molar-refractivity contribution in [2.45, 2.75) is 74.9 Å². The highest BCUT2D eigenvalue weighted by atomic mass is 16.8. The van der Waals surface area contributed by atoms with Crippen molar-refractivity contribution in [1.82, 2.24) is 0 Å². The topological polar surface area (TPSA) is 202 Å². The molecule has 13 nitrogen and oxygen atoms in total. The molecule has 2 aliphatic heterocycles. The lowest BCUT2D eigenvalue weighted by Gasteiger charge is -2.44. The van der Waals surface area contributed by atoms with Gasteiger partial charge in [-0.05, 0) is 31.0 Å². The van der Waals surface area contributed by atoms with Gasteiger partial charge >= 0.3 is 11.9 Å². The van der Waals surface area contributed by atoms with Crippen LogP contribution in [0.3, 0.4) is 0 Å². The lowest BCUT2D eigenvalue weighted by Crippen LogP contribution is -2.60. The van der Waals surface area contributed by atoms with E-state index in [1.807, 2.05) is 0 Å². The summed E-state index contributed by atoms with van der Waals surface area (Å²) in [6.07, 6.45) is -8.82. The molecule has 3 aliphatic rings. The summed E-state index contributed by atoms with van der Waals surface area (Å²) in [5, 5.41) is 60.8. The lowest BCUT2D eigenvalue weighted by molar-refractivity contribution is -0.346. The largest absolute Gasteiger partial charge is 0.508 e. The van der Waals surface area contributed by atoms with Gasteiger partial charge in [-0.15, -0.1) is 0 Å². The van der Waals surface area contributed by atoms with Crippen LogP contribution in [0.1, 0.15) is 25.3 Å². The summed E-state index contributed by atoms with van der Waals surface area (Å²) in [4.78, 5) is 25.4. The van der Waals surface area contributed by atoms with E-state index >= 15 is 0 Å². The molecule has 0 aromatic heterocycles. The van der Waals surface area contributed by atoms with Crippen LogP contribution in [0.5, 0.6) is 5.75 Å². The second-order valence-electron chi connectivity index (χ2n) is 10.2. The quantitative estimate of drug-likeness (QED) is 0.211. The number of aromatic hydroxyl groups is 1. The van der Waals surface area contributed by atoms with Crippen molar-refractivity contribution >= 4 is 11.9 Å². The summed E-state index contributed by atoms with van der Waals surface area (Å²) in [6, 6.07) is 6.36. The number of carbonyl (C=O) groups is 2. The van der Waals surface area contributed by atoms with Crippen molar-refractivity contribution in [2.24, 2.45) is 11.8 Å². The molecule has 2 heterocycles. The summed E-state index contributed by atoms with van der Waals surface area (Å²) in [5.41, 5.74) is -0.792. The first-order chi connectivity index (χ1) is 18.5. The van der Waals surface area contributed by atoms with Crippen LogP contribution < -0.4 is 0 Å². The second-order valence-corrected chi connectivity index (χ2v) is 10.2. The van der Waals surface area contributed by atoms with Crippen molar-refractivity contribution < 1.29 is 63.9 Å². The summed E-state index contributed by atoms with van der Waals surface area (Å²) in [6.45, 7) is 0.789. The maximum atomic E-state index is 12.8. The SMILES string of the molecule is COC(=O)C1=COC(OC2OC(CO)C(O)C(O)C2O)C2C1C(OC(=O)CCc1ccc(O)cc1)CC2(C)O. The number of aryl methyl sites for hydroxylation is 1. The van der Waals surface area contributed by atoms with Gasteiger partial charge in [-0.3, -0.25) is 4.79 Å². The first-order valence-corrected chi connectivity index (χ1v) is 12.6. The van der Waals surface area contributed by atoms with E-state index in [0.29, 0.717) is 6.42 Å². The summed E-state index contributed by atoms with van der Waals surface area (Å²) in [5.74, 6) is -3.18. The van der Waals surface area contributed by atoms with Crippen LogP contribution in [0.15, 0.2) is 36.1 Å². The van der Waals surface area contributed by atoms with Gasteiger partial charge in [-0.2, -0.15) is 0 Å². The Morgan fingerprint density at radius 2 is 1.77 bits per heavy atom. The zero-order valence-corrected chi connectivity index (χ0v) is 21.5. The minimum atomic E-state index is -1.73. The average Bonchev–Trinajstić information content (AvgIpc) is 3.18. The van der Waals surface area contributed by atoms with Gasteiger partial charge < -0.3 is 54.3 Å². The van der Waals surface area contributed by atoms with Crippen molar-refractivity contribution in [3.05, 3.63) is 41.7 Å². The number of aliphatic hydroxyl groups is 5. The highest BCUT2D eigenvalue weighted by Crippen LogP contribution is 2.51. The van der Waals surface area contributed by atoms with E-state index in [0.717, 1.165) is 11.8 Å². The molecule has 0 radical (unpaired) electrons. The fraction of sp³-hybridized carbons (Fsp3) is 0.615. The third-order valence-corrected chi connectivity index (χ3v) is 7.48.